The van der Waals surface area contributed by atoms with Gasteiger partial charge >= 0.3 is 0 Å². The molecular weight excluding hydrogens is 517 g/mol. The molecule has 0 radical (unpaired) electrons. The molecule has 1 aliphatic heterocycles. The summed E-state index contributed by atoms with van der Waals surface area (Å²) in [5.74, 6) is 1.55. The van der Waals surface area contributed by atoms with Gasteiger partial charge in [0.1, 0.15) is 24.1 Å². The number of aromatic nitrogens is 3. The fraction of sp³-hybridized carbons (Fsp3) is 0.571. The highest BCUT2D eigenvalue weighted by Gasteiger charge is 2.14. The predicted molar refractivity (Wildman–Crippen MR) is 127 cm³/mol. The number of ether oxygens (including phenoxy) is 1. The van der Waals surface area contributed by atoms with Crippen LogP contribution in [0.4, 0.5) is 8.78 Å². The van der Waals surface area contributed by atoms with Crippen molar-refractivity contribution in [2.24, 2.45) is 4.99 Å². The first-order valence-corrected chi connectivity index (χ1v) is 10.7. The fourth-order valence-electron chi connectivity index (χ4n) is 3.42. The average Bonchev–Trinajstić information content (AvgIpc) is 2.95. The van der Waals surface area contributed by atoms with E-state index < -0.39 is 11.6 Å². The zero-order valence-corrected chi connectivity index (χ0v) is 20.2. The van der Waals surface area contributed by atoms with E-state index in [0.717, 1.165) is 50.1 Å². The Labute approximate surface area is 199 Å². The van der Waals surface area contributed by atoms with E-state index in [9.17, 15) is 8.78 Å². The van der Waals surface area contributed by atoms with E-state index in [0.29, 0.717) is 19.0 Å². The number of aliphatic imine (C=N–C) groups is 1. The summed E-state index contributed by atoms with van der Waals surface area (Å²) >= 11 is 0. The third-order valence-electron chi connectivity index (χ3n) is 4.90. The number of fused-ring (bicyclic) bond motifs is 1. The topological polar surface area (TPSA) is 76.4 Å². The molecule has 0 bridgehead atoms. The zero-order valence-electron chi connectivity index (χ0n) is 17.9. The molecule has 0 atom stereocenters. The molecule has 172 valence electrons. The van der Waals surface area contributed by atoms with E-state index in [4.69, 9.17) is 4.74 Å². The molecule has 1 aromatic carbocycles. The maximum atomic E-state index is 13.6. The molecule has 0 saturated heterocycles. The van der Waals surface area contributed by atoms with Crippen molar-refractivity contribution in [1.82, 2.24) is 25.4 Å². The van der Waals surface area contributed by atoms with E-state index in [1.165, 1.54) is 31.4 Å². The average molecular weight is 548 g/mol. The molecule has 0 fully saturated rings. The predicted octanol–water partition coefficient (Wildman–Crippen LogP) is 3.47. The van der Waals surface area contributed by atoms with E-state index in [2.05, 4.69) is 30.4 Å². The van der Waals surface area contributed by atoms with Crippen molar-refractivity contribution in [3.8, 4) is 5.75 Å². The van der Waals surface area contributed by atoms with Gasteiger partial charge in [0.25, 0.3) is 0 Å². The molecule has 10 heteroatoms. The molecule has 0 unspecified atom stereocenters. The highest BCUT2D eigenvalue weighted by atomic mass is 127. The first kappa shape index (κ1) is 25.3. The summed E-state index contributed by atoms with van der Waals surface area (Å²) in [5.41, 5.74) is 0. The lowest BCUT2D eigenvalue weighted by molar-refractivity contribution is 0.304. The first-order chi connectivity index (χ1) is 14.7. The monoisotopic (exact) mass is 548 g/mol. The van der Waals surface area contributed by atoms with E-state index in [-0.39, 0.29) is 36.3 Å². The molecule has 0 spiro atoms. The van der Waals surface area contributed by atoms with Gasteiger partial charge in [0.15, 0.2) is 17.5 Å². The molecule has 0 aliphatic carbocycles. The second-order valence-corrected chi connectivity index (χ2v) is 7.21. The van der Waals surface area contributed by atoms with E-state index in [1.54, 1.807) is 0 Å². The second-order valence-electron chi connectivity index (χ2n) is 7.21. The van der Waals surface area contributed by atoms with Crippen LogP contribution in [0.1, 0.15) is 44.3 Å². The molecule has 31 heavy (non-hydrogen) atoms. The number of guanidine groups is 1. The lowest BCUT2D eigenvalue weighted by atomic mass is 10.2. The van der Waals surface area contributed by atoms with Crippen molar-refractivity contribution in [1.29, 1.82) is 0 Å². The van der Waals surface area contributed by atoms with Crippen molar-refractivity contribution >= 4 is 29.9 Å². The third kappa shape index (κ3) is 7.89. The number of nitrogens with one attached hydrogen (secondary N) is 2. The second kappa shape index (κ2) is 13.4. The van der Waals surface area contributed by atoms with E-state index >= 15 is 0 Å². The summed E-state index contributed by atoms with van der Waals surface area (Å²) in [6.07, 6.45) is 6.38. The maximum absolute atomic E-state index is 13.6. The Balaban J connectivity index is 0.00000341. The van der Waals surface area contributed by atoms with Crippen LogP contribution >= 0.6 is 24.0 Å². The number of halogens is 3. The zero-order chi connectivity index (χ0) is 21.2. The van der Waals surface area contributed by atoms with Crippen molar-refractivity contribution in [3.63, 3.8) is 0 Å². The Morgan fingerprint density at radius 3 is 2.87 bits per heavy atom. The van der Waals surface area contributed by atoms with Gasteiger partial charge < -0.3 is 19.9 Å². The van der Waals surface area contributed by atoms with Gasteiger partial charge in [0.2, 0.25) is 0 Å². The normalized spacial score (nSPS) is 13.7. The molecule has 0 amide bonds. The summed E-state index contributed by atoms with van der Waals surface area (Å²) in [7, 11) is 0. The van der Waals surface area contributed by atoms with Crippen LogP contribution in [0.2, 0.25) is 0 Å². The number of hydrogen-bond acceptors (Lipinski definition) is 4. The summed E-state index contributed by atoms with van der Waals surface area (Å²) < 4.78 is 34.1. The maximum Gasteiger partial charge on any atom is 0.191 e. The molecule has 2 heterocycles. The molecule has 1 aromatic heterocycles. The summed E-state index contributed by atoms with van der Waals surface area (Å²) in [4.78, 5) is 4.57. The minimum absolute atomic E-state index is 0. The largest absolute Gasteiger partial charge is 0.489 e. The molecule has 0 saturated carbocycles. The van der Waals surface area contributed by atoms with Gasteiger partial charge in [-0.25, -0.2) is 8.78 Å². The SMILES string of the molecule is CCNC(=NCCCc1nnc2n1CCCCC2)NCCOc1ccc(F)cc1F.I. The van der Waals surface area contributed by atoms with Crippen LogP contribution in [0.15, 0.2) is 23.2 Å². The van der Waals surface area contributed by atoms with Crippen LogP contribution in [0.25, 0.3) is 0 Å². The van der Waals surface area contributed by atoms with Gasteiger partial charge in [0.05, 0.1) is 6.54 Å². The summed E-state index contributed by atoms with van der Waals surface area (Å²) in [6, 6.07) is 3.27. The van der Waals surface area contributed by atoms with Crippen molar-refractivity contribution in [2.45, 2.75) is 52.0 Å². The summed E-state index contributed by atoms with van der Waals surface area (Å²) in [6.45, 7) is 5.08. The lowest BCUT2D eigenvalue weighted by Gasteiger charge is -2.12. The first-order valence-electron chi connectivity index (χ1n) is 10.7. The molecule has 1 aliphatic rings. The van der Waals surface area contributed by atoms with Gasteiger partial charge in [-0.2, -0.15) is 0 Å². The van der Waals surface area contributed by atoms with Crippen LogP contribution < -0.4 is 15.4 Å². The lowest BCUT2D eigenvalue weighted by Crippen LogP contribution is -2.39. The van der Waals surface area contributed by atoms with Crippen LogP contribution in [0.3, 0.4) is 0 Å². The number of rotatable bonds is 9. The van der Waals surface area contributed by atoms with Crippen molar-refractivity contribution in [2.75, 3.05) is 26.2 Å². The standard InChI is InChI=1S/C21H30F2N6O.HI/c1-2-24-21(26-12-14-30-18-10-9-16(22)15-17(18)23)25-11-6-8-20-28-27-19-7-4-3-5-13-29(19)20;/h9-10,15H,2-8,11-14H2,1H3,(H2,24,25,26);1H. The van der Waals surface area contributed by atoms with Gasteiger partial charge in [-0.3, -0.25) is 4.99 Å². The van der Waals surface area contributed by atoms with Gasteiger partial charge in [-0.05, 0) is 38.3 Å². The van der Waals surface area contributed by atoms with Crippen LogP contribution in [0, 0.1) is 11.6 Å². The minimum Gasteiger partial charge on any atom is -0.489 e. The van der Waals surface area contributed by atoms with Crippen molar-refractivity contribution < 1.29 is 13.5 Å². The van der Waals surface area contributed by atoms with Crippen LogP contribution in [-0.4, -0.2) is 47.0 Å². The Bertz CT molecular complexity index is 845. The third-order valence-corrected chi connectivity index (χ3v) is 4.90. The Morgan fingerprint density at radius 2 is 2.06 bits per heavy atom. The fourth-order valence-corrected chi connectivity index (χ4v) is 3.42. The minimum atomic E-state index is -0.707. The van der Waals surface area contributed by atoms with Crippen LogP contribution in [0.5, 0.6) is 5.75 Å². The van der Waals surface area contributed by atoms with E-state index in [1.807, 2.05) is 6.92 Å². The molecule has 2 aromatic rings. The van der Waals surface area contributed by atoms with Gasteiger partial charge in [-0.1, -0.05) is 6.42 Å². The highest BCUT2D eigenvalue weighted by molar-refractivity contribution is 14.0. The van der Waals surface area contributed by atoms with Crippen LogP contribution in [-0.2, 0) is 19.4 Å². The number of aryl methyl sites for hydroxylation is 2. The molecular formula is C21H31F2IN6O. The summed E-state index contributed by atoms with van der Waals surface area (Å²) in [5, 5.41) is 15.0. The molecule has 2 N–H and O–H groups in total. The van der Waals surface area contributed by atoms with Gasteiger partial charge in [0, 0.05) is 38.5 Å². The number of benzene rings is 1. The number of nitrogens with zero attached hydrogens (tertiary/aromatic N) is 4. The molecule has 3 rings (SSSR count). The Hall–Kier alpha value is -1.98. The Kier molecular flexibility index (Phi) is 11.0. The van der Waals surface area contributed by atoms with Gasteiger partial charge in [-0.15, -0.1) is 34.2 Å². The number of hydrogen-bond donors (Lipinski definition) is 2. The highest BCUT2D eigenvalue weighted by Crippen LogP contribution is 2.17. The smallest absolute Gasteiger partial charge is 0.191 e. The Morgan fingerprint density at radius 1 is 1.19 bits per heavy atom. The quantitative estimate of drug-likeness (QED) is 0.217. The molecule has 7 nitrogen and oxygen atoms in total. The van der Waals surface area contributed by atoms with Crippen molar-refractivity contribution in [3.05, 3.63) is 41.5 Å².